The van der Waals surface area contributed by atoms with E-state index in [1.165, 1.54) is 19.1 Å². The van der Waals surface area contributed by atoms with Crippen molar-refractivity contribution in [1.29, 1.82) is 0 Å². The van der Waals surface area contributed by atoms with Gasteiger partial charge in [0.05, 0.1) is 5.69 Å². The van der Waals surface area contributed by atoms with Gasteiger partial charge in [0.15, 0.2) is 0 Å². The Morgan fingerprint density at radius 3 is 1.74 bits per heavy atom. The number of aryl methyl sites for hydroxylation is 2. The minimum absolute atomic E-state index is 0.0856. The summed E-state index contributed by atoms with van der Waals surface area (Å²) in [5, 5.41) is 21.9. The molecule has 0 spiro atoms. The number of hydrogen-bond acceptors (Lipinski definition) is 3. The molecule has 0 fully saturated rings. The second-order valence-corrected chi connectivity index (χ2v) is 7.80. The predicted molar refractivity (Wildman–Crippen MR) is 113 cm³/mol. The van der Waals surface area contributed by atoms with Crippen molar-refractivity contribution in [1.82, 2.24) is 0 Å². The van der Waals surface area contributed by atoms with Crippen LogP contribution in [0.1, 0.15) is 32.6 Å². The van der Waals surface area contributed by atoms with Gasteiger partial charge in [-0.3, -0.25) is 4.79 Å². The molecule has 0 aromatic heterocycles. The Bertz CT molecular complexity index is 1200. The number of hydrogen-bond donors (Lipinski definition) is 3. The van der Waals surface area contributed by atoms with Crippen LogP contribution in [-0.2, 0) is 5.41 Å². The second-order valence-electron chi connectivity index (χ2n) is 7.80. The molecule has 0 radical (unpaired) electrons. The number of alkyl halides is 6. The third kappa shape index (κ3) is 4.27. The highest BCUT2D eigenvalue weighted by molar-refractivity contribution is 6.05. The smallest absolute Gasteiger partial charge is 0.411 e. The van der Waals surface area contributed by atoms with E-state index in [1.54, 1.807) is 19.1 Å². The quantitative estimate of drug-likeness (QED) is 0.298. The summed E-state index contributed by atoms with van der Waals surface area (Å²) in [5.74, 6) is -2.03. The first-order valence-corrected chi connectivity index (χ1v) is 9.83. The average molecular weight is 483 g/mol. The van der Waals surface area contributed by atoms with Crippen LogP contribution >= 0.6 is 0 Å². The van der Waals surface area contributed by atoms with E-state index < -0.39 is 52.0 Å². The maximum absolute atomic E-state index is 14.3. The lowest BCUT2D eigenvalue weighted by molar-refractivity contribution is -0.288. The van der Waals surface area contributed by atoms with E-state index >= 15 is 0 Å². The van der Waals surface area contributed by atoms with Crippen molar-refractivity contribution in [3.63, 3.8) is 0 Å². The van der Waals surface area contributed by atoms with E-state index in [0.29, 0.717) is 30.3 Å². The van der Waals surface area contributed by atoms with Crippen LogP contribution in [0.4, 0.5) is 32.0 Å². The van der Waals surface area contributed by atoms with Gasteiger partial charge in [0, 0.05) is 5.56 Å². The first-order valence-electron chi connectivity index (χ1n) is 9.83. The monoisotopic (exact) mass is 483 g/mol. The van der Waals surface area contributed by atoms with E-state index in [0.717, 1.165) is 11.6 Å². The molecular formula is C24H19F6NO3. The molecular weight excluding hydrogens is 464 g/mol. The predicted octanol–water partition coefficient (Wildman–Crippen LogP) is 6.38. The van der Waals surface area contributed by atoms with Crippen LogP contribution in [0, 0.1) is 13.8 Å². The van der Waals surface area contributed by atoms with Gasteiger partial charge in [0.1, 0.15) is 11.5 Å². The number of rotatable bonds is 4. The van der Waals surface area contributed by atoms with Gasteiger partial charge >= 0.3 is 12.4 Å². The Morgan fingerprint density at radius 1 is 0.735 bits per heavy atom. The zero-order valence-corrected chi connectivity index (χ0v) is 17.8. The number of aromatic hydroxyl groups is 2. The molecule has 3 aromatic rings. The standard InChI is InChI=1S/C24H19F6NO3/c1-13-3-5-15(6-4-13)21(34)31-18-12-17(8-10-20(18)33)22(23(25,26)27,24(28,29)30)16-7-9-19(32)14(2)11-16/h3-12,32-33H,1-2H3,(H,31,34). The molecule has 0 unspecified atom stereocenters. The molecule has 0 bridgehead atoms. The molecule has 0 aliphatic rings. The molecule has 3 N–H and O–H groups in total. The van der Waals surface area contributed by atoms with Gasteiger partial charge in [-0.15, -0.1) is 0 Å². The SMILES string of the molecule is Cc1ccc(C(=O)Nc2cc(C(c3ccc(O)c(C)c3)(C(F)(F)F)C(F)(F)F)ccc2O)cc1. The molecule has 0 saturated carbocycles. The van der Waals surface area contributed by atoms with Crippen molar-refractivity contribution in [2.45, 2.75) is 31.6 Å². The highest BCUT2D eigenvalue weighted by Crippen LogP contribution is 2.57. The summed E-state index contributed by atoms with van der Waals surface area (Å²) in [4.78, 5) is 12.5. The summed E-state index contributed by atoms with van der Waals surface area (Å²) in [6.45, 7) is 2.93. The number of phenols is 2. The topological polar surface area (TPSA) is 69.6 Å². The van der Waals surface area contributed by atoms with Crippen LogP contribution in [0.15, 0.2) is 60.7 Å². The van der Waals surface area contributed by atoms with E-state index in [4.69, 9.17) is 0 Å². The Labute approximate surface area is 190 Å². The number of phenolic OH excluding ortho intramolecular Hbond substituents is 2. The van der Waals surface area contributed by atoms with Crippen LogP contribution in [-0.4, -0.2) is 28.5 Å². The maximum Gasteiger partial charge on any atom is 0.411 e. The number of benzene rings is 3. The fraction of sp³-hybridized carbons (Fsp3) is 0.208. The summed E-state index contributed by atoms with van der Waals surface area (Å²) >= 11 is 0. The summed E-state index contributed by atoms with van der Waals surface area (Å²) in [7, 11) is 0. The molecule has 1 amide bonds. The van der Waals surface area contributed by atoms with Crippen molar-refractivity contribution in [2.24, 2.45) is 0 Å². The molecule has 0 heterocycles. The fourth-order valence-corrected chi connectivity index (χ4v) is 3.64. The van der Waals surface area contributed by atoms with Crippen molar-refractivity contribution < 1.29 is 41.4 Å². The maximum atomic E-state index is 14.3. The largest absolute Gasteiger partial charge is 0.508 e. The fourth-order valence-electron chi connectivity index (χ4n) is 3.64. The molecule has 4 nitrogen and oxygen atoms in total. The van der Waals surface area contributed by atoms with E-state index in [1.807, 2.05) is 0 Å². The van der Waals surface area contributed by atoms with Gasteiger partial charge in [-0.2, -0.15) is 26.3 Å². The van der Waals surface area contributed by atoms with Gasteiger partial charge in [0.2, 0.25) is 5.41 Å². The van der Waals surface area contributed by atoms with Gasteiger partial charge in [0.25, 0.3) is 5.91 Å². The van der Waals surface area contributed by atoms with E-state index in [9.17, 15) is 41.4 Å². The Balaban J connectivity index is 2.22. The zero-order chi connectivity index (χ0) is 25.5. The molecule has 0 aliphatic carbocycles. The molecule has 0 atom stereocenters. The Hall–Kier alpha value is -3.69. The minimum Gasteiger partial charge on any atom is -0.508 e. The average Bonchev–Trinajstić information content (AvgIpc) is 2.71. The van der Waals surface area contributed by atoms with Crippen molar-refractivity contribution >= 4 is 11.6 Å². The van der Waals surface area contributed by atoms with Crippen molar-refractivity contribution in [2.75, 3.05) is 5.32 Å². The molecule has 3 aromatic carbocycles. The number of nitrogens with one attached hydrogen (secondary N) is 1. The lowest BCUT2D eigenvalue weighted by atomic mass is 9.72. The number of anilines is 1. The number of halogens is 6. The normalized spacial score (nSPS) is 12.5. The highest BCUT2D eigenvalue weighted by Gasteiger charge is 2.72. The van der Waals surface area contributed by atoms with Gasteiger partial charge in [-0.05, 0) is 60.9 Å². The molecule has 0 saturated heterocycles. The Morgan fingerprint density at radius 2 is 1.24 bits per heavy atom. The van der Waals surface area contributed by atoms with Gasteiger partial charge in [-0.1, -0.05) is 35.9 Å². The lowest BCUT2D eigenvalue weighted by Gasteiger charge is -2.38. The Kier molecular flexibility index (Phi) is 6.30. The number of amides is 1. The summed E-state index contributed by atoms with van der Waals surface area (Å²) in [6, 6.07) is 9.52. The first-order chi connectivity index (χ1) is 15.7. The molecule has 180 valence electrons. The van der Waals surface area contributed by atoms with E-state index in [2.05, 4.69) is 5.32 Å². The third-order valence-corrected chi connectivity index (χ3v) is 5.47. The molecule has 34 heavy (non-hydrogen) atoms. The highest BCUT2D eigenvalue weighted by atomic mass is 19.4. The van der Waals surface area contributed by atoms with Gasteiger partial charge in [-0.25, -0.2) is 0 Å². The third-order valence-electron chi connectivity index (χ3n) is 5.47. The molecule has 10 heteroatoms. The van der Waals surface area contributed by atoms with Crippen molar-refractivity contribution in [3.05, 3.63) is 88.5 Å². The van der Waals surface area contributed by atoms with Crippen LogP contribution in [0.5, 0.6) is 11.5 Å². The zero-order valence-electron chi connectivity index (χ0n) is 17.8. The minimum atomic E-state index is -5.87. The second kappa shape index (κ2) is 8.58. The van der Waals surface area contributed by atoms with Gasteiger partial charge < -0.3 is 15.5 Å². The van der Waals surface area contributed by atoms with Crippen LogP contribution in [0.2, 0.25) is 0 Å². The summed E-state index contributed by atoms with van der Waals surface area (Å²) in [6.07, 6.45) is -11.7. The van der Waals surface area contributed by atoms with Crippen LogP contribution in [0.25, 0.3) is 0 Å². The molecule has 3 rings (SSSR count). The lowest BCUT2D eigenvalue weighted by Crippen LogP contribution is -2.54. The van der Waals surface area contributed by atoms with Crippen LogP contribution in [0.3, 0.4) is 0 Å². The first kappa shape index (κ1) is 24.9. The summed E-state index contributed by atoms with van der Waals surface area (Å²) in [5.41, 5.74) is -6.86. The number of carbonyl (C=O) groups is 1. The summed E-state index contributed by atoms with van der Waals surface area (Å²) < 4.78 is 86.0. The molecule has 0 aliphatic heterocycles. The number of carbonyl (C=O) groups excluding carboxylic acids is 1. The van der Waals surface area contributed by atoms with Crippen molar-refractivity contribution in [3.8, 4) is 11.5 Å². The van der Waals surface area contributed by atoms with Crippen LogP contribution < -0.4 is 5.32 Å². The van der Waals surface area contributed by atoms with E-state index in [-0.39, 0.29) is 11.1 Å².